The SMILES string of the molecule is C=CNc1cc(C)ccc1CC. The molecule has 0 atom stereocenters. The lowest BCUT2D eigenvalue weighted by Crippen LogP contribution is -1.93. The Bertz CT molecular complexity index is 276. The van der Waals surface area contributed by atoms with Crippen molar-refractivity contribution in [2.45, 2.75) is 20.3 Å². The Morgan fingerprint density at radius 1 is 1.50 bits per heavy atom. The summed E-state index contributed by atoms with van der Waals surface area (Å²) in [5.74, 6) is 0. The van der Waals surface area contributed by atoms with E-state index in [2.05, 4.69) is 43.9 Å². The van der Waals surface area contributed by atoms with Crippen LogP contribution in [0.3, 0.4) is 0 Å². The molecule has 0 aliphatic heterocycles. The molecule has 0 saturated heterocycles. The Hall–Kier alpha value is -1.24. The van der Waals surface area contributed by atoms with Crippen LogP contribution in [0.5, 0.6) is 0 Å². The normalized spacial score (nSPS) is 9.50. The fourth-order valence-electron chi connectivity index (χ4n) is 1.24. The predicted octanol–water partition coefficient (Wildman–Crippen LogP) is 3.11. The second-order valence-corrected chi connectivity index (χ2v) is 2.86. The molecule has 0 heterocycles. The highest BCUT2D eigenvalue weighted by atomic mass is 14.8. The smallest absolute Gasteiger partial charge is 0.0414 e. The minimum atomic E-state index is 1.05. The van der Waals surface area contributed by atoms with Crippen LogP contribution in [0.4, 0.5) is 5.69 Å². The monoisotopic (exact) mass is 161 g/mol. The maximum atomic E-state index is 3.65. The molecule has 64 valence electrons. The topological polar surface area (TPSA) is 12.0 Å². The summed E-state index contributed by atoms with van der Waals surface area (Å²) in [6.07, 6.45) is 2.77. The molecule has 0 radical (unpaired) electrons. The van der Waals surface area contributed by atoms with Crippen LogP contribution in [0.25, 0.3) is 0 Å². The van der Waals surface area contributed by atoms with Crippen LogP contribution in [0.15, 0.2) is 31.0 Å². The zero-order chi connectivity index (χ0) is 8.97. The highest BCUT2D eigenvalue weighted by Crippen LogP contribution is 2.17. The van der Waals surface area contributed by atoms with Gasteiger partial charge in [0.15, 0.2) is 0 Å². The summed E-state index contributed by atoms with van der Waals surface area (Å²) in [6.45, 7) is 7.89. The lowest BCUT2D eigenvalue weighted by Gasteiger charge is -2.07. The third-order valence-electron chi connectivity index (χ3n) is 1.90. The van der Waals surface area contributed by atoms with E-state index in [1.54, 1.807) is 6.20 Å². The first-order chi connectivity index (χ1) is 5.77. The summed E-state index contributed by atoms with van der Waals surface area (Å²) in [4.78, 5) is 0. The molecule has 0 fully saturated rings. The van der Waals surface area contributed by atoms with Gasteiger partial charge in [-0.2, -0.15) is 0 Å². The number of hydrogen-bond acceptors (Lipinski definition) is 1. The molecule has 1 heteroatoms. The molecular weight excluding hydrogens is 146 g/mol. The number of anilines is 1. The zero-order valence-corrected chi connectivity index (χ0v) is 7.72. The van der Waals surface area contributed by atoms with Crippen molar-refractivity contribution in [3.8, 4) is 0 Å². The maximum Gasteiger partial charge on any atom is 0.0414 e. The molecular formula is C11H15N. The number of aryl methyl sites for hydroxylation is 2. The first-order valence-corrected chi connectivity index (χ1v) is 4.25. The fraction of sp³-hybridized carbons (Fsp3) is 0.273. The minimum absolute atomic E-state index is 1.05. The van der Waals surface area contributed by atoms with Crippen molar-refractivity contribution in [1.29, 1.82) is 0 Å². The van der Waals surface area contributed by atoms with Gasteiger partial charge in [-0.3, -0.25) is 0 Å². The Kier molecular flexibility index (Phi) is 2.92. The number of rotatable bonds is 3. The predicted molar refractivity (Wildman–Crippen MR) is 54.4 cm³/mol. The summed E-state index contributed by atoms with van der Waals surface area (Å²) in [5, 5.41) is 3.13. The molecule has 0 aliphatic rings. The van der Waals surface area contributed by atoms with Crippen molar-refractivity contribution in [3.63, 3.8) is 0 Å². The van der Waals surface area contributed by atoms with Crippen molar-refractivity contribution >= 4 is 5.69 Å². The number of nitrogens with one attached hydrogen (secondary N) is 1. The summed E-state index contributed by atoms with van der Waals surface area (Å²) in [6, 6.07) is 6.43. The first kappa shape index (κ1) is 8.85. The van der Waals surface area contributed by atoms with E-state index in [1.807, 2.05) is 0 Å². The van der Waals surface area contributed by atoms with Gasteiger partial charge < -0.3 is 5.32 Å². The molecule has 1 nitrogen and oxygen atoms in total. The average molecular weight is 161 g/mol. The van der Waals surface area contributed by atoms with Crippen molar-refractivity contribution in [1.82, 2.24) is 0 Å². The van der Waals surface area contributed by atoms with Crippen LogP contribution < -0.4 is 5.32 Å². The number of hydrogen-bond donors (Lipinski definition) is 1. The molecule has 0 aliphatic carbocycles. The van der Waals surface area contributed by atoms with Gasteiger partial charge in [0.05, 0.1) is 0 Å². The Morgan fingerprint density at radius 3 is 2.83 bits per heavy atom. The Labute approximate surface area is 74.1 Å². The van der Waals surface area contributed by atoms with Gasteiger partial charge in [0.25, 0.3) is 0 Å². The van der Waals surface area contributed by atoms with Gasteiger partial charge in [-0.05, 0) is 36.7 Å². The van der Waals surface area contributed by atoms with Gasteiger partial charge >= 0.3 is 0 Å². The van der Waals surface area contributed by atoms with E-state index in [0.717, 1.165) is 6.42 Å². The fourth-order valence-corrected chi connectivity index (χ4v) is 1.24. The van der Waals surface area contributed by atoms with Gasteiger partial charge in [-0.1, -0.05) is 25.6 Å². The van der Waals surface area contributed by atoms with E-state index in [4.69, 9.17) is 0 Å². The summed E-state index contributed by atoms with van der Waals surface area (Å²) < 4.78 is 0. The van der Waals surface area contributed by atoms with E-state index < -0.39 is 0 Å². The third-order valence-corrected chi connectivity index (χ3v) is 1.90. The molecule has 0 aromatic heterocycles. The number of benzene rings is 1. The second kappa shape index (κ2) is 3.96. The average Bonchev–Trinajstić information content (AvgIpc) is 2.05. The zero-order valence-electron chi connectivity index (χ0n) is 7.72. The first-order valence-electron chi connectivity index (χ1n) is 4.25. The van der Waals surface area contributed by atoms with E-state index in [1.165, 1.54) is 16.8 Å². The van der Waals surface area contributed by atoms with Gasteiger partial charge in [-0.15, -0.1) is 0 Å². The summed E-state index contributed by atoms with van der Waals surface area (Å²) in [5.41, 5.74) is 3.78. The van der Waals surface area contributed by atoms with Crippen LogP contribution in [-0.4, -0.2) is 0 Å². The molecule has 1 N–H and O–H groups in total. The molecule has 12 heavy (non-hydrogen) atoms. The van der Waals surface area contributed by atoms with Crippen LogP contribution in [0.2, 0.25) is 0 Å². The van der Waals surface area contributed by atoms with Gasteiger partial charge in [0.1, 0.15) is 0 Å². The molecule has 1 rings (SSSR count). The second-order valence-electron chi connectivity index (χ2n) is 2.86. The summed E-state index contributed by atoms with van der Waals surface area (Å²) >= 11 is 0. The lowest BCUT2D eigenvalue weighted by atomic mass is 10.1. The molecule has 0 spiro atoms. The van der Waals surface area contributed by atoms with E-state index in [0.29, 0.717) is 0 Å². The van der Waals surface area contributed by atoms with Crippen LogP contribution >= 0.6 is 0 Å². The molecule has 1 aromatic rings. The largest absolute Gasteiger partial charge is 0.362 e. The van der Waals surface area contributed by atoms with Crippen molar-refractivity contribution < 1.29 is 0 Å². The van der Waals surface area contributed by atoms with E-state index in [9.17, 15) is 0 Å². The summed E-state index contributed by atoms with van der Waals surface area (Å²) in [7, 11) is 0. The van der Waals surface area contributed by atoms with Crippen LogP contribution in [-0.2, 0) is 6.42 Å². The highest BCUT2D eigenvalue weighted by Gasteiger charge is 1.97. The quantitative estimate of drug-likeness (QED) is 0.718. The molecule has 1 aromatic carbocycles. The van der Waals surface area contributed by atoms with E-state index in [-0.39, 0.29) is 0 Å². The van der Waals surface area contributed by atoms with Gasteiger partial charge in [0.2, 0.25) is 0 Å². The Balaban J connectivity index is 3.03. The van der Waals surface area contributed by atoms with Crippen molar-refractivity contribution in [2.24, 2.45) is 0 Å². The van der Waals surface area contributed by atoms with Gasteiger partial charge in [-0.25, -0.2) is 0 Å². The van der Waals surface area contributed by atoms with Crippen molar-refractivity contribution in [3.05, 3.63) is 42.1 Å². The highest BCUT2D eigenvalue weighted by molar-refractivity contribution is 5.54. The standard InChI is InChI=1S/C11H15N/c1-4-10-7-6-9(3)8-11(10)12-5-2/h5-8,12H,2,4H2,1,3H3. The molecule has 0 saturated carbocycles. The van der Waals surface area contributed by atoms with Gasteiger partial charge in [0, 0.05) is 5.69 Å². The van der Waals surface area contributed by atoms with Crippen LogP contribution in [0.1, 0.15) is 18.1 Å². The molecule has 0 unspecified atom stereocenters. The third kappa shape index (κ3) is 1.88. The van der Waals surface area contributed by atoms with E-state index >= 15 is 0 Å². The van der Waals surface area contributed by atoms with Crippen LogP contribution in [0, 0.1) is 6.92 Å². The van der Waals surface area contributed by atoms with Crippen molar-refractivity contribution in [2.75, 3.05) is 5.32 Å². The lowest BCUT2D eigenvalue weighted by molar-refractivity contribution is 1.14. The molecule has 0 bridgehead atoms. The minimum Gasteiger partial charge on any atom is -0.362 e. The molecule has 0 amide bonds. The maximum absolute atomic E-state index is 3.65. The Morgan fingerprint density at radius 2 is 2.25 bits per heavy atom.